The van der Waals surface area contributed by atoms with E-state index in [1.165, 1.54) is 5.56 Å². The monoisotopic (exact) mass is 329 g/mol. The molecule has 20 heavy (non-hydrogen) atoms. The summed E-state index contributed by atoms with van der Waals surface area (Å²) in [6.07, 6.45) is 0. The Morgan fingerprint density at radius 3 is 2.70 bits per heavy atom. The molecule has 0 fully saturated rings. The summed E-state index contributed by atoms with van der Waals surface area (Å²) in [5.74, 6) is 0.929. The van der Waals surface area contributed by atoms with Gasteiger partial charge in [-0.05, 0) is 49.7 Å². The molecule has 2 aromatic carbocycles. The number of imidazole rings is 1. The molecule has 0 amide bonds. The largest absolute Gasteiger partial charge is 0.398 e. The van der Waals surface area contributed by atoms with Gasteiger partial charge in [-0.25, -0.2) is 4.98 Å². The second kappa shape index (κ2) is 4.94. The maximum Gasteiger partial charge on any atom is 0.143 e. The quantitative estimate of drug-likeness (QED) is 0.709. The third kappa shape index (κ3) is 2.10. The van der Waals surface area contributed by atoms with Crippen LogP contribution < -0.4 is 5.73 Å². The van der Waals surface area contributed by atoms with Crippen molar-refractivity contribution in [3.63, 3.8) is 0 Å². The molecule has 0 spiro atoms. The molecule has 0 unspecified atom stereocenters. The van der Waals surface area contributed by atoms with E-state index < -0.39 is 0 Å². The minimum atomic E-state index is 0.737. The van der Waals surface area contributed by atoms with Crippen LogP contribution in [0.3, 0.4) is 0 Å². The number of fused-ring (bicyclic) bond motifs is 1. The third-order valence-electron chi connectivity index (χ3n) is 3.47. The van der Waals surface area contributed by atoms with Gasteiger partial charge in [-0.15, -0.1) is 0 Å². The number of hydrogen-bond donors (Lipinski definition) is 1. The van der Waals surface area contributed by atoms with Gasteiger partial charge in [-0.2, -0.15) is 0 Å². The van der Waals surface area contributed by atoms with E-state index in [2.05, 4.69) is 52.5 Å². The first-order valence-corrected chi connectivity index (χ1v) is 7.41. The van der Waals surface area contributed by atoms with Crippen molar-refractivity contribution in [1.29, 1.82) is 0 Å². The minimum Gasteiger partial charge on any atom is -0.398 e. The van der Waals surface area contributed by atoms with Crippen molar-refractivity contribution in [1.82, 2.24) is 9.55 Å². The zero-order valence-corrected chi connectivity index (χ0v) is 13.1. The van der Waals surface area contributed by atoms with Crippen LogP contribution in [-0.2, 0) is 6.54 Å². The van der Waals surface area contributed by atoms with Gasteiger partial charge in [0.15, 0.2) is 0 Å². The predicted octanol–water partition coefficient (Wildman–Crippen LogP) is 4.38. The summed E-state index contributed by atoms with van der Waals surface area (Å²) >= 11 is 3.44. The van der Waals surface area contributed by atoms with Gasteiger partial charge >= 0.3 is 0 Å². The molecule has 0 saturated heterocycles. The Balaban J connectivity index is 2.30. The first kappa shape index (κ1) is 13.2. The second-order valence-electron chi connectivity index (χ2n) is 4.90. The molecule has 0 aliphatic rings. The van der Waals surface area contributed by atoms with Crippen LogP contribution in [0.2, 0.25) is 0 Å². The Hall–Kier alpha value is -1.81. The second-order valence-corrected chi connectivity index (χ2v) is 5.82. The van der Waals surface area contributed by atoms with Crippen LogP contribution in [0.25, 0.3) is 22.4 Å². The Morgan fingerprint density at radius 2 is 2.00 bits per heavy atom. The molecule has 3 nitrogen and oxygen atoms in total. The van der Waals surface area contributed by atoms with Crippen molar-refractivity contribution in [3.05, 3.63) is 46.4 Å². The van der Waals surface area contributed by atoms with Crippen molar-refractivity contribution < 1.29 is 0 Å². The van der Waals surface area contributed by atoms with Crippen molar-refractivity contribution >= 4 is 32.7 Å². The first-order valence-electron chi connectivity index (χ1n) is 6.62. The van der Waals surface area contributed by atoms with Crippen molar-refractivity contribution in [3.8, 4) is 11.4 Å². The Bertz CT molecular complexity index is 790. The highest BCUT2D eigenvalue weighted by molar-refractivity contribution is 9.10. The number of hydrogen-bond acceptors (Lipinski definition) is 2. The van der Waals surface area contributed by atoms with Crippen molar-refractivity contribution in [2.24, 2.45) is 0 Å². The fourth-order valence-corrected chi connectivity index (χ4v) is 2.88. The maximum absolute atomic E-state index is 6.15. The highest BCUT2D eigenvalue weighted by Crippen LogP contribution is 2.31. The van der Waals surface area contributed by atoms with E-state index in [4.69, 9.17) is 10.7 Å². The highest BCUT2D eigenvalue weighted by atomic mass is 79.9. The lowest BCUT2D eigenvalue weighted by atomic mass is 10.1. The lowest BCUT2D eigenvalue weighted by molar-refractivity contribution is 0.796. The molecular formula is C16H16BrN3. The van der Waals surface area contributed by atoms with Gasteiger partial charge < -0.3 is 10.3 Å². The number of nitrogens with zero attached hydrogens (tertiary/aromatic N) is 2. The number of benzene rings is 2. The molecule has 2 N–H and O–H groups in total. The summed E-state index contributed by atoms with van der Waals surface area (Å²) in [6, 6.07) is 12.3. The van der Waals surface area contributed by atoms with Crippen LogP contribution in [0.15, 0.2) is 40.9 Å². The summed E-state index contributed by atoms with van der Waals surface area (Å²) in [6.45, 7) is 5.07. The SMILES string of the molecule is CCn1c(-c2ccc(Br)cc2N)nc2cc(C)ccc21. The number of nitrogen functional groups attached to an aromatic ring is 1. The zero-order chi connectivity index (χ0) is 14.3. The Labute approximate surface area is 126 Å². The van der Waals surface area contributed by atoms with Crippen molar-refractivity contribution in [2.45, 2.75) is 20.4 Å². The van der Waals surface area contributed by atoms with E-state index in [9.17, 15) is 0 Å². The molecule has 0 aliphatic heterocycles. The molecule has 0 bridgehead atoms. The van der Waals surface area contributed by atoms with E-state index in [0.29, 0.717) is 0 Å². The maximum atomic E-state index is 6.15. The molecule has 102 valence electrons. The van der Waals surface area contributed by atoms with Crippen molar-refractivity contribution in [2.75, 3.05) is 5.73 Å². The van der Waals surface area contributed by atoms with E-state index >= 15 is 0 Å². The normalized spacial score (nSPS) is 11.2. The lowest BCUT2D eigenvalue weighted by Gasteiger charge is -2.08. The lowest BCUT2D eigenvalue weighted by Crippen LogP contribution is -2.00. The Kier molecular flexibility index (Phi) is 3.26. The molecule has 0 aliphatic carbocycles. The number of nitrogens with two attached hydrogens (primary N) is 1. The average molecular weight is 330 g/mol. The summed E-state index contributed by atoms with van der Waals surface area (Å²) in [4.78, 5) is 4.77. The topological polar surface area (TPSA) is 43.8 Å². The molecule has 1 heterocycles. The molecule has 4 heteroatoms. The molecule has 3 aromatic rings. The number of aromatic nitrogens is 2. The van der Waals surface area contributed by atoms with Crippen LogP contribution in [-0.4, -0.2) is 9.55 Å². The van der Waals surface area contributed by atoms with E-state index in [1.807, 2.05) is 18.2 Å². The summed E-state index contributed by atoms with van der Waals surface area (Å²) in [5, 5.41) is 0. The zero-order valence-electron chi connectivity index (χ0n) is 11.5. The van der Waals surface area contributed by atoms with Gasteiger partial charge in [0.2, 0.25) is 0 Å². The van der Waals surface area contributed by atoms with Gasteiger partial charge in [0.25, 0.3) is 0 Å². The smallest absolute Gasteiger partial charge is 0.143 e. The molecular weight excluding hydrogens is 314 g/mol. The summed E-state index contributed by atoms with van der Waals surface area (Å²) in [5.41, 5.74) is 11.2. The van der Waals surface area contributed by atoms with Gasteiger partial charge in [-0.3, -0.25) is 0 Å². The third-order valence-corrected chi connectivity index (χ3v) is 3.97. The number of anilines is 1. The standard InChI is InChI=1S/C16H16BrN3/c1-3-20-15-7-4-10(2)8-14(15)19-16(20)12-6-5-11(17)9-13(12)18/h4-9H,3,18H2,1-2H3. The Morgan fingerprint density at radius 1 is 1.20 bits per heavy atom. The number of halogens is 1. The fraction of sp³-hybridized carbons (Fsp3) is 0.188. The average Bonchev–Trinajstić information content (AvgIpc) is 2.75. The van der Waals surface area contributed by atoms with E-state index in [-0.39, 0.29) is 0 Å². The molecule has 3 rings (SSSR count). The van der Waals surface area contributed by atoms with Crippen LogP contribution in [0.1, 0.15) is 12.5 Å². The summed E-state index contributed by atoms with van der Waals surface area (Å²) in [7, 11) is 0. The van der Waals surface area contributed by atoms with E-state index in [0.717, 1.165) is 39.1 Å². The molecule has 1 aromatic heterocycles. The van der Waals surface area contributed by atoms with Gasteiger partial charge in [-0.1, -0.05) is 22.0 Å². The van der Waals surface area contributed by atoms with Crippen LogP contribution in [0.4, 0.5) is 5.69 Å². The molecule has 0 atom stereocenters. The van der Waals surface area contributed by atoms with Gasteiger partial charge in [0.1, 0.15) is 5.82 Å². The van der Waals surface area contributed by atoms with Crippen LogP contribution in [0, 0.1) is 6.92 Å². The van der Waals surface area contributed by atoms with E-state index in [1.54, 1.807) is 0 Å². The fourth-order valence-electron chi connectivity index (χ4n) is 2.50. The predicted molar refractivity (Wildman–Crippen MR) is 87.7 cm³/mol. The highest BCUT2D eigenvalue weighted by Gasteiger charge is 2.13. The summed E-state index contributed by atoms with van der Waals surface area (Å²) < 4.78 is 3.18. The number of aryl methyl sites for hydroxylation is 2. The first-order chi connectivity index (χ1) is 9.60. The van der Waals surface area contributed by atoms with Gasteiger partial charge in [0.05, 0.1) is 11.0 Å². The molecule has 0 radical (unpaired) electrons. The van der Waals surface area contributed by atoms with Crippen LogP contribution in [0.5, 0.6) is 0 Å². The number of rotatable bonds is 2. The van der Waals surface area contributed by atoms with Crippen LogP contribution >= 0.6 is 15.9 Å². The molecule has 0 saturated carbocycles. The minimum absolute atomic E-state index is 0.737. The van der Waals surface area contributed by atoms with Gasteiger partial charge in [0, 0.05) is 22.3 Å².